The van der Waals surface area contributed by atoms with Crippen LogP contribution in [-0.2, 0) is 6.54 Å². The van der Waals surface area contributed by atoms with Crippen LogP contribution in [0.2, 0.25) is 10.0 Å². The van der Waals surface area contributed by atoms with Crippen molar-refractivity contribution in [3.8, 4) is 0 Å². The second-order valence-electron chi connectivity index (χ2n) is 5.10. The molecule has 0 atom stereocenters. The third-order valence-electron chi connectivity index (χ3n) is 3.48. The molecular weight excluding hydrogens is 327 g/mol. The van der Waals surface area contributed by atoms with Crippen LogP contribution in [-0.4, -0.2) is 16.8 Å². The van der Waals surface area contributed by atoms with Gasteiger partial charge in [0, 0.05) is 16.5 Å². The van der Waals surface area contributed by atoms with Crippen LogP contribution in [0.4, 0.5) is 5.69 Å². The predicted molar refractivity (Wildman–Crippen MR) is 88.1 cm³/mol. The summed E-state index contributed by atoms with van der Waals surface area (Å²) in [6, 6.07) is 7.53. The Morgan fingerprint density at radius 1 is 1.33 bits per heavy atom. The number of carbonyl (C=O) groups excluding carboxylic acids is 1. The van der Waals surface area contributed by atoms with E-state index < -0.39 is 0 Å². The molecule has 0 bridgehead atoms. The monoisotopic (exact) mass is 340 g/mol. The Hall–Kier alpha value is -1.23. The van der Waals surface area contributed by atoms with Gasteiger partial charge in [-0.3, -0.25) is 4.79 Å². The van der Waals surface area contributed by atoms with Crippen molar-refractivity contribution in [1.29, 1.82) is 0 Å². The molecule has 1 amide bonds. The van der Waals surface area contributed by atoms with E-state index in [9.17, 15) is 4.79 Å². The average molecular weight is 341 g/mol. The molecule has 1 aliphatic rings. The summed E-state index contributed by atoms with van der Waals surface area (Å²) in [6.07, 6.45) is 2.10. The van der Waals surface area contributed by atoms with Crippen LogP contribution in [0.5, 0.6) is 0 Å². The summed E-state index contributed by atoms with van der Waals surface area (Å²) in [7, 11) is 0. The van der Waals surface area contributed by atoms with E-state index in [1.54, 1.807) is 23.5 Å². The van der Waals surface area contributed by atoms with Crippen LogP contribution in [0, 0.1) is 0 Å². The summed E-state index contributed by atoms with van der Waals surface area (Å²) in [5.74, 6) is -0.0466. The predicted octanol–water partition coefficient (Wildman–Crippen LogP) is 4.44. The molecule has 0 saturated heterocycles. The summed E-state index contributed by atoms with van der Waals surface area (Å²) in [5.41, 5.74) is 6.52. The molecule has 0 radical (unpaired) electrons. The molecule has 6 heteroatoms. The summed E-state index contributed by atoms with van der Waals surface area (Å²) in [6.45, 7) is 0.626. The highest BCUT2D eigenvalue weighted by atomic mass is 35.5. The highest BCUT2D eigenvalue weighted by molar-refractivity contribution is 7.09. The van der Waals surface area contributed by atoms with Gasteiger partial charge >= 0.3 is 0 Å². The SMILES string of the molecule is Nc1c(Cl)cc(C(=O)N(Cc2cccs2)C2CC2)cc1Cl. The number of carbonyl (C=O) groups is 1. The van der Waals surface area contributed by atoms with E-state index in [4.69, 9.17) is 28.9 Å². The fourth-order valence-electron chi connectivity index (χ4n) is 2.20. The first-order valence-corrected chi connectivity index (χ1v) is 8.27. The number of rotatable bonds is 4. The van der Waals surface area contributed by atoms with Crippen LogP contribution in [0.25, 0.3) is 0 Å². The van der Waals surface area contributed by atoms with Gasteiger partial charge in [-0.05, 0) is 36.4 Å². The highest BCUT2D eigenvalue weighted by Gasteiger charge is 2.33. The van der Waals surface area contributed by atoms with Crippen molar-refractivity contribution in [2.75, 3.05) is 5.73 Å². The molecule has 0 unspecified atom stereocenters. The molecule has 1 heterocycles. The van der Waals surface area contributed by atoms with Crippen molar-refractivity contribution < 1.29 is 4.79 Å². The zero-order valence-corrected chi connectivity index (χ0v) is 13.5. The number of halogens is 2. The Labute approximate surface area is 137 Å². The van der Waals surface area contributed by atoms with Crippen LogP contribution in [0.15, 0.2) is 29.6 Å². The van der Waals surface area contributed by atoms with Crippen LogP contribution in [0.1, 0.15) is 28.1 Å². The lowest BCUT2D eigenvalue weighted by atomic mass is 10.1. The van der Waals surface area contributed by atoms with E-state index in [0.717, 1.165) is 12.8 Å². The average Bonchev–Trinajstić information content (AvgIpc) is 3.17. The zero-order chi connectivity index (χ0) is 15.0. The van der Waals surface area contributed by atoms with Crippen molar-refractivity contribution in [2.45, 2.75) is 25.4 Å². The van der Waals surface area contributed by atoms with Gasteiger partial charge in [0.05, 0.1) is 22.3 Å². The molecule has 1 aromatic carbocycles. The maximum Gasteiger partial charge on any atom is 0.254 e. The van der Waals surface area contributed by atoms with Gasteiger partial charge in [0.1, 0.15) is 0 Å². The second kappa shape index (κ2) is 5.87. The van der Waals surface area contributed by atoms with Crippen molar-refractivity contribution in [2.24, 2.45) is 0 Å². The quantitative estimate of drug-likeness (QED) is 0.836. The summed E-state index contributed by atoms with van der Waals surface area (Å²) >= 11 is 13.7. The minimum Gasteiger partial charge on any atom is -0.396 e. The number of hydrogen-bond acceptors (Lipinski definition) is 3. The van der Waals surface area contributed by atoms with Gasteiger partial charge in [0.25, 0.3) is 5.91 Å². The Morgan fingerprint density at radius 3 is 2.52 bits per heavy atom. The minimum absolute atomic E-state index is 0.0466. The molecule has 21 heavy (non-hydrogen) atoms. The first kappa shape index (κ1) is 14.7. The number of thiophene rings is 1. The van der Waals surface area contributed by atoms with Gasteiger partial charge in [-0.2, -0.15) is 0 Å². The molecule has 1 aromatic heterocycles. The van der Waals surface area contributed by atoms with Gasteiger partial charge in [0.2, 0.25) is 0 Å². The number of benzene rings is 1. The van der Waals surface area contributed by atoms with Gasteiger partial charge in [0.15, 0.2) is 0 Å². The van der Waals surface area contributed by atoms with Crippen LogP contribution >= 0.6 is 34.5 Å². The molecule has 1 saturated carbocycles. The second-order valence-corrected chi connectivity index (χ2v) is 6.94. The van der Waals surface area contributed by atoms with E-state index in [2.05, 4.69) is 0 Å². The number of anilines is 1. The first-order valence-electron chi connectivity index (χ1n) is 6.64. The molecule has 3 rings (SSSR count). The standard InChI is InChI=1S/C15H14Cl2N2OS/c16-12-6-9(7-13(17)14(12)18)15(20)19(10-3-4-10)8-11-2-1-5-21-11/h1-2,5-7,10H,3-4,8,18H2. The first-order chi connectivity index (χ1) is 10.1. The largest absolute Gasteiger partial charge is 0.396 e. The Bertz CT molecular complexity index is 645. The smallest absolute Gasteiger partial charge is 0.254 e. The molecule has 1 fully saturated rings. The molecule has 0 aliphatic heterocycles. The zero-order valence-electron chi connectivity index (χ0n) is 11.2. The molecule has 0 spiro atoms. The maximum absolute atomic E-state index is 12.7. The van der Waals surface area contributed by atoms with Gasteiger partial charge in [-0.25, -0.2) is 0 Å². The van der Waals surface area contributed by atoms with Crippen LogP contribution in [0.3, 0.4) is 0 Å². The number of nitrogen functional groups attached to an aromatic ring is 1. The van der Waals surface area contributed by atoms with E-state index in [1.165, 1.54) is 4.88 Å². The normalized spacial score (nSPS) is 14.2. The van der Waals surface area contributed by atoms with Gasteiger partial charge in [-0.15, -0.1) is 11.3 Å². The van der Waals surface area contributed by atoms with Crippen molar-refractivity contribution >= 4 is 46.1 Å². The number of amides is 1. The van der Waals surface area contributed by atoms with E-state index in [1.807, 2.05) is 22.4 Å². The lowest BCUT2D eigenvalue weighted by molar-refractivity contribution is 0.0731. The van der Waals surface area contributed by atoms with Gasteiger partial charge < -0.3 is 10.6 Å². The number of hydrogen-bond donors (Lipinski definition) is 1. The fraction of sp³-hybridized carbons (Fsp3) is 0.267. The third kappa shape index (κ3) is 3.18. The molecule has 110 valence electrons. The summed E-state index contributed by atoms with van der Waals surface area (Å²) in [5, 5.41) is 2.65. The van der Waals surface area contributed by atoms with Crippen molar-refractivity contribution in [3.63, 3.8) is 0 Å². The highest BCUT2D eigenvalue weighted by Crippen LogP contribution is 2.33. The topological polar surface area (TPSA) is 46.3 Å². The summed E-state index contributed by atoms with van der Waals surface area (Å²) < 4.78 is 0. The van der Waals surface area contributed by atoms with Crippen molar-refractivity contribution in [1.82, 2.24) is 4.90 Å². The Morgan fingerprint density at radius 2 is 2.00 bits per heavy atom. The fourth-order valence-corrected chi connectivity index (χ4v) is 3.39. The number of nitrogens with two attached hydrogens (primary N) is 1. The minimum atomic E-state index is -0.0466. The molecule has 1 aliphatic carbocycles. The molecule has 2 N–H and O–H groups in total. The number of nitrogens with zero attached hydrogens (tertiary/aromatic N) is 1. The summed E-state index contributed by atoms with van der Waals surface area (Å²) in [4.78, 5) is 15.8. The van der Waals surface area contributed by atoms with E-state index in [-0.39, 0.29) is 5.91 Å². The lowest BCUT2D eigenvalue weighted by Crippen LogP contribution is -2.32. The maximum atomic E-state index is 12.7. The molecule has 3 nitrogen and oxygen atoms in total. The van der Waals surface area contributed by atoms with Gasteiger partial charge in [-0.1, -0.05) is 29.3 Å². The molecular formula is C15H14Cl2N2OS. The third-order valence-corrected chi connectivity index (χ3v) is 4.97. The molecule has 2 aromatic rings. The van der Waals surface area contributed by atoms with Crippen molar-refractivity contribution in [3.05, 3.63) is 50.1 Å². The van der Waals surface area contributed by atoms with E-state index in [0.29, 0.717) is 33.9 Å². The van der Waals surface area contributed by atoms with E-state index >= 15 is 0 Å². The Kier molecular flexibility index (Phi) is 4.11. The van der Waals surface area contributed by atoms with Crippen LogP contribution < -0.4 is 5.73 Å². The Balaban J connectivity index is 1.87. The lowest BCUT2D eigenvalue weighted by Gasteiger charge is -2.22.